The molecule has 0 radical (unpaired) electrons. The molecule has 0 aromatic heterocycles. The lowest BCUT2D eigenvalue weighted by Crippen LogP contribution is -3.04. The lowest BCUT2D eigenvalue weighted by atomic mass is 10.2. The Morgan fingerprint density at radius 3 is 2.20 bits per heavy atom. The molecule has 0 heterocycles. The first kappa shape index (κ1) is 13.4. The van der Waals surface area contributed by atoms with Crippen LogP contribution in [0.4, 0.5) is 0 Å². The van der Waals surface area contributed by atoms with Gasteiger partial charge in [-0.15, -0.1) is 0 Å². The van der Waals surface area contributed by atoms with Gasteiger partial charge in [0.1, 0.15) is 6.54 Å². The van der Waals surface area contributed by atoms with Gasteiger partial charge in [0.05, 0.1) is 20.1 Å². The van der Waals surface area contributed by atoms with Crippen molar-refractivity contribution in [2.45, 2.75) is 6.54 Å². The van der Waals surface area contributed by atoms with Gasteiger partial charge in [-0.2, -0.15) is 0 Å². The molecule has 1 rings (SSSR count). The van der Waals surface area contributed by atoms with Crippen molar-refractivity contribution in [2.24, 2.45) is 0 Å². The molecule has 0 aliphatic heterocycles. The summed E-state index contributed by atoms with van der Waals surface area (Å²) < 4.78 is 0. The van der Waals surface area contributed by atoms with E-state index in [9.17, 15) is 0 Å². The van der Waals surface area contributed by atoms with Crippen LogP contribution in [0.15, 0.2) is 43.0 Å². The number of benzene rings is 1. The normalized spacial score (nSPS) is 9.00. The molecule has 0 saturated heterocycles. The van der Waals surface area contributed by atoms with Gasteiger partial charge in [-0.05, 0) is 6.08 Å². The van der Waals surface area contributed by atoms with E-state index in [2.05, 4.69) is 51.0 Å². The number of hydrogen-bond acceptors (Lipinski definition) is 2. The van der Waals surface area contributed by atoms with Gasteiger partial charge < -0.3 is 14.8 Å². The van der Waals surface area contributed by atoms with E-state index >= 15 is 0 Å². The van der Waals surface area contributed by atoms with Crippen LogP contribution in [-0.2, 0) is 11.3 Å². The van der Waals surface area contributed by atoms with Gasteiger partial charge in [0, 0.05) is 5.56 Å². The Kier molecular flexibility index (Phi) is 6.93. The third-order valence-electron chi connectivity index (χ3n) is 1.57. The summed E-state index contributed by atoms with van der Waals surface area (Å²) in [6.07, 6.45) is 0.722. The van der Waals surface area contributed by atoms with E-state index in [1.165, 1.54) is 10.5 Å². The van der Waals surface area contributed by atoms with Gasteiger partial charge in [0.15, 0.2) is 0 Å². The molecule has 3 heteroatoms. The molecule has 0 spiro atoms. The van der Waals surface area contributed by atoms with Crippen LogP contribution in [0.25, 0.3) is 0 Å². The first-order chi connectivity index (χ1) is 7.06. The average Bonchev–Trinajstić information content (AvgIpc) is 2.19. The lowest BCUT2D eigenvalue weighted by Gasteiger charge is -2.05. The Labute approximate surface area is 90.7 Å². The number of carbonyl (C=O) groups is 1. The second-order valence-electron chi connectivity index (χ2n) is 3.39. The van der Waals surface area contributed by atoms with Gasteiger partial charge in [0.25, 0.3) is 0 Å². The molecule has 1 aromatic carbocycles. The predicted molar refractivity (Wildman–Crippen MR) is 58.2 cm³/mol. The standard InChI is InChI=1S/C9H13N.C3H4O2/c1-10(2)8-9-6-4-3-5-7-9;1-2-3(4)5/h3-7H,8H2,1-2H3;2H,1H2,(H,4,5). The molecule has 1 N–H and O–H groups in total. The Bertz CT molecular complexity index is 294. The average molecular weight is 207 g/mol. The quantitative estimate of drug-likeness (QED) is 0.663. The van der Waals surface area contributed by atoms with E-state index in [4.69, 9.17) is 9.90 Å². The summed E-state index contributed by atoms with van der Waals surface area (Å²) >= 11 is 0. The number of carboxylic acid groups (broad SMARTS) is 1. The van der Waals surface area contributed by atoms with Gasteiger partial charge in [0.2, 0.25) is 0 Å². The largest absolute Gasteiger partial charge is 0.545 e. The highest BCUT2D eigenvalue weighted by atomic mass is 16.4. The van der Waals surface area contributed by atoms with Crippen molar-refractivity contribution < 1.29 is 14.8 Å². The van der Waals surface area contributed by atoms with Crippen molar-refractivity contribution in [2.75, 3.05) is 14.1 Å². The highest BCUT2D eigenvalue weighted by Crippen LogP contribution is 1.94. The van der Waals surface area contributed by atoms with Gasteiger partial charge in [-0.3, -0.25) is 0 Å². The number of carbonyl (C=O) groups excluding carboxylic acids is 1. The molecule has 3 nitrogen and oxygen atoms in total. The number of rotatable bonds is 3. The highest BCUT2D eigenvalue weighted by molar-refractivity contribution is 5.76. The fourth-order valence-electron chi connectivity index (χ4n) is 1.00. The number of quaternary nitrogens is 1. The summed E-state index contributed by atoms with van der Waals surface area (Å²) in [6, 6.07) is 10.5. The molecule has 0 fully saturated rings. The fourth-order valence-corrected chi connectivity index (χ4v) is 1.00. The van der Waals surface area contributed by atoms with Crippen molar-refractivity contribution in [3.8, 4) is 0 Å². The summed E-state index contributed by atoms with van der Waals surface area (Å²) in [7, 11) is 4.32. The minimum atomic E-state index is -1.23. The summed E-state index contributed by atoms with van der Waals surface area (Å²) in [4.78, 5) is 10.6. The molecule has 1 aromatic rings. The number of carboxylic acids is 1. The highest BCUT2D eigenvalue weighted by Gasteiger charge is 1.93. The topological polar surface area (TPSA) is 44.6 Å². The minimum Gasteiger partial charge on any atom is -0.545 e. The van der Waals surface area contributed by atoms with E-state index in [1.807, 2.05) is 0 Å². The predicted octanol–water partition coefficient (Wildman–Crippen LogP) is -0.747. The van der Waals surface area contributed by atoms with Crippen LogP contribution in [0.2, 0.25) is 0 Å². The molecule has 0 bridgehead atoms. The first-order valence-corrected chi connectivity index (χ1v) is 4.72. The number of aliphatic carboxylic acids is 1. The van der Waals surface area contributed by atoms with Crippen molar-refractivity contribution in [3.05, 3.63) is 48.6 Å². The maximum Gasteiger partial charge on any atom is 0.102 e. The zero-order chi connectivity index (χ0) is 11.7. The molecule has 15 heavy (non-hydrogen) atoms. The second-order valence-corrected chi connectivity index (χ2v) is 3.39. The van der Waals surface area contributed by atoms with Crippen molar-refractivity contribution >= 4 is 5.97 Å². The maximum absolute atomic E-state index is 9.14. The monoisotopic (exact) mass is 207 g/mol. The Balaban J connectivity index is 0.000000336. The molecule has 0 aliphatic rings. The van der Waals surface area contributed by atoms with Crippen molar-refractivity contribution in [1.29, 1.82) is 0 Å². The smallest absolute Gasteiger partial charge is 0.102 e. The van der Waals surface area contributed by atoms with Crippen LogP contribution in [0.1, 0.15) is 5.56 Å². The Morgan fingerprint density at radius 2 is 1.87 bits per heavy atom. The molecule has 0 amide bonds. The first-order valence-electron chi connectivity index (χ1n) is 4.72. The van der Waals surface area contributed by atoms with E-state index in [0.717, 1.165) is 12.6 Å². The van der Waals surface area contributed by atoms with Crippen molar-refractivity contribution in [1.82, 2.24) is 0 Å². The van der Waals surface area contributed by atoms with E-state index in [0.29, 0.717) is 0 Å². The Morgan fingerprint density at radius 1 is 1.40 bits per heavy atom. The third-order valence-corrected chi connectivity index (χ3v) is 1.57. The maximum atomic E-state index is 9.14. The Hall–Kier alpha value is -1.61. The lowest BCUT2D eigenvalue weighted by molar-refractivity contribution is -0.872. The van der Waals surface area contributed by atoms with Crippen LogP contribution < -0.4 is 10.0 Å². The van der Waals surface area contributed by atoms with Gasteiger partial charge >= 0.3 is 0 Å². The number of nitrogens with one attached hydrogen (secondary N) is 1. The second kappa shape index (κ2) is 7.76. The van der Waals surface area contributed by atoms with E-state index in [-0.39, 0.29) is 0 Å². The van der Waals surface area contributed by atoms with Crippen LogP contribution in [-0.4, -0.2) is 20.1 Å². The van der Waals surface area contributed by atoms with Crippen molar-refractivity contribution in [3.63, 3.8) is 0 Å². The molecular weight excluding hydrogens is 190 g/mol. The van der Waals surface area contributed by atoms with Crippen LogP contribution >= 0.6 is 0 Å². The summed E-state index contributed by atoms with van der Waals surface area (Å²) in [5.74, 6) is -1.23. The minimum absolute atomic E-state index is 0.722. The molecular formula is C12H17NO2. The molecule has 82 valence electrons. The summed E-state index contributed by atoms with van der Waals surface area (Å²) in [6.45, 7) is 4.01. The summed E-state index contributed by atoms with van der Waals surface area (Å²) in [5, 5.41) is 9.14. The molecule has 0 aliphatic carbocycles. The fraction of sp³-hybridized carbons (Fsp3) is 0.250. The molecule has 0 saturated carbocycles. The van der Waals surface area contributed by atoms with Crippen LogP contribution in [0.3, 0.4) is 0 Å². The van der Waals surface area contributed by atoms with Crippen LogP contribution in [0, 0.1) is 0 Å². The van der Waals surface area contributed by atoms with E-state index < -0.39 is 5.97 Å². The number of hydrogen-bond donors (Lipinski definition) is 1. The molecule has 0 unspecified atom stereocenters. The van der Waals surface area contributed by atoms with E-state index in [1.54, 1.807) is 0 Å². The zero-order valence-electron chi connectivity index (χ0n) is 9.19. The summed E-state index contributed by atoms with van der Waals surface area (Å²) in [5.41, 5.74) is 1.41. The van der Waals surface area contributed by atoms with Gasteiger partial charge in [-0.25, -0.2) is 0 Å². The zero-order valence-corrected chi connectivity index (χ0v) is 9.19. The van der Waals surface area contributed by atoms with Gasteiger partial charge in [-0.1, -0.05) is 36.9 Å². The third kappa shape index (κ3) is 8.71. The SMILES string of the molecule is C=CC(=O)[O-].C[NH+](C)Cc1ccccc1. The molecule has 0 atom stereocenters. The van der Waals surface area contributed by atoms with Crippen LogP contribution in [0.5, 0.6) is 0 Å².